The number of aliphatic hydroxyl groups excluding tert-OH is 1. The van der Waals surface area contributed by atoms with Gasteiger partial charge in [0.15, 0.2) is 0 Å². The Kier molecular flexibility index (Phi) is 5.51. The number of likely N-dealkylation sites (N-methyl/N-ethyl adjacent to an activating group) is 1. The molecule has 0 saturated heterocycles. The van der Waals surface area contributed by atoms with Gasteiger partial charge >= 0.3 is 0 Å². The van der Waals surface area contributed by atoms with E-state index in [2.05, 4.69) is 0 Å². The number of unbranched alkanes of at least 4 members (excludes halogenated alkanes) is 1. The summed E-state index contributed by atoms with van der Waals surface area (Å²) in [5.74, 6) is 0.173. The van der Waals surface area contributed by atoms with Crippen molar-refractivity contribution in [2.75, 3.05) is 19.3 Å². The minimum Gasteiger partial charge on any atom is -0.392 e. The Morgan fingerprint density at radius 2 is 2.00 bits per heavy atom. The minimum atomic E-state index is -3.14. The summed E-state index contributed by atoms with van der Waals surface area (Å²) >= 11 is 0. The topological polar surface area (TPSA) is 57.6 Å². The van der Waals surface area contributed by atoms with Crippen LogP contribution in [0.2, 0.25) is 0 Å². The lowest BCUT2D eigenvalue weighted by Gasteiger charge is -2.18. The summed E-state index contributed by atoms with van der Waals surface area (Å²) in [6.45, 7) is 3.70. The van der Waals surface area contributed by atoms with Crippen LogP contribution < -0.4 is 0 Å². The van der Waals surface area contributed by atoms with Gasteiger partial charge in [0.1, 0.15) is 0 Å². The Morgan fingerprint density at radius 1 is 1.46 bits per heavy atom. The molecule has 0 aliphatic heterocycles. The molecule has 5 heteroatoms. The highest BCUT2D eigenvalue weighted by molar-refractivity contribution is 7.89. The molecule has 0 amide bonds. The van der Waals surface area contributed by atoms with Crippen molar-refractivity contribution in [1.29, 1.82) is 0 Å². The van der Waals surface area contributed by atoms with Gasteiger partial charge in [-0.05, 0) is 13.3 Å². The summed E-state index contributed by atoms with van der Waals surface area (Å²) in [6.07, 6.45) is 0.926. The van der Waals surface area contributed by atoms with E-state index < -0.39 is 16.1 Å². The smallest absolute Gasteiger partial charge is 0.213 e. The van der Waals surface area contributed by atoms with Gasteiger partial charge in [0.05, 0.1) is 11.9 Å². The number of hydrogen-bond donors (Lipinski definition) is 1. The van der Waals surface area contributed by atoms with E-state index in [-0.39, 0.29) is 12.3 Å². The van der Waals surface area contributed by atoms with Gasteiger partial charge in [-0.3, -0.25) is 0 Å². The van der Waals surface area contributed by atoms with E-state index in [0.717, 1.165) is 6.42 Å². The van der Waals surface area contributed by atoms with E-state index in [9.17, 15) is 8.42 Å². The Morgan fingerprint density at radius 3 is 2.38 bits per heavy atom. The molecule has 0 spiro atoms. The predicted octanol–water partition coefficient (Wildman–Crippen LogP) is 0.429. The summed E-state index contributed by atoms with van der Waals surface area (Å²) in [7, 11) is -1.65. The standard InChI is InChI=1S/C8H19NO3S/c1-4-5-6-13(11,12)9(3)7-8(2)10/h8,10H,4-7H2,1-3H3. The third-order valence-electron chi connectivity index (χ3n) is 1.75. The summed E-state index contributed by atoms with van der Waals surface area (Å²) in [6, 6.07) is 0. The van der Waals surface area contributed by atoms with Gasteiger partial charge < -0.3 is 5.11 Å². The molecule has 1 unspecified atom stereocenters. The lowest BCUT2D eigenvalue weighted by molar-refractivity contribution is 0.171. The molecule has 0 aromatic rings. The van der Waals surface area contributed by atoms with Crippen LogP contribution in [-0.2, 0) is 10.0 Å². The Bertz CT molecular complexity index is 224. The zero-order chi connectivity index (χ0) is 10.5. The van der Waals surface area contributed by atoms with Crippen molar-refractivity contribution in [3.63, 3.8) is 0 Å². The monoisotopic (exact) mass is 209 g/mol. The number of hydrogen-bond acceptors (Lipinski definition) is 3. The highest BCUT2D eigenvalue weighted by Crippen LogP contribution is 2.02. The van der Waals surface area contributed by atoms with E-state index in [0.29, 0.717) is 6.42 Å². The van der Waals surface area contributed by atoms with Crippen molar-refractivity contribution in [3.8, 4) is 0 Å². The molecule has 0 heterocycles. The summed E-state index contributed by atoms with van der Waals surface area (Å²) < 4.78 is 24.1. The van der Waals surface area contributed by atoms with Crippen molar-refractivity contribution in [1.82, 2.24) is 4.31 Å². The highest BCUT2D eigenvalue weighted by atomic mass is 32.2. The van der Waals surface area contributed by atoms with Crippen LogP contribution >= 0.6 is 0 Å². The Labute approximate surface area is 80.6 Å². The van der Waals surface area contributed by atoms with Crippen LogP contribution in [0.3, 0.4) is 0 Å². The van der Waals surface area contributed by atoms with Gasteiger partial charge in [0.2, 0.25) is 10.0 Å². The normalized spacial score (nSPS) is 14.8. The van der Waals surface area contributed by atoms with Gasteiger partial charge in [-0.25, -0.2) is 12.7 Å². The quantitative estimate of drug-likeness (QED) is 0.690. The van der Waals surface area contributed by atoms with Crippen molar-refractivity contribution in [2.45, 2.75) is 32.8 Å². The summed E-state index contributed by atoms with van der Waals surface area (Å²) in [4.78, 5) is 0. The largest absolute Gasteiger partial charge is 0.392 e. The molecule has 0 bridgehead atoms. The van der Waals surface area contributed by atoms with Crippen LogP contribution in [0.1, 0.15) is 26.7 Å². The maximum Gasteiger partial charge on any atom is 0.213 e. The fraction of sp³-hybridized carbons (Fsp3) is 1.00. The lowest BCUT2D eigenvalue weighted by Crippen LogP contribution is -2.34. The zero-order valence-corrected chi connectivity index (χ0v) is 9.34. The SMILES string of the molecule is CCCCS(=O)(=O)N(C)CC(C)O. The zero-order valence-electron chi connectivity index (χ0n) is 8.52. The molecule has 0 fully saturated rings. The second kappa shape index (κ2) is 5.57. The van der Waals surface area contributed by atoms with Crippen LogP contribution in [0.25, 0.3) is 0 Å². The fourth-order valence-electron chi connectivity index (χ4n) is 0.968. The summed E-state index contributed by atoms with van der Waals surface area (Å²) in [5, 5.41) is 9.01. The molecule has 0 aliphatic carbocycles. The first-order chi connectivity index (χ1) is 5.90. The highest BCUT2D eigenvalue weighted by Gasteiger charge is 2.17. The van der Waals surface area contributed by atoms with E-state index >= 15 is 0 Å². The van der Waals surface area contributed by atoms with Gasteiger partial charge in [0.25, 0.3) is 0 Å². The molecule has 0 saturated carbocycles. The Hall–Kier alpha value is -0.130. The molecule has 0 aromatic heterocycles. The van der Waals surface area contributed by atoms with E-state index in [1.165, 1.54) is 11.4 Å². The molecule has 0 aliphatic rings. The first-order valence-electron chi connectivity index (χ1n) is 4.52. The molecule has 0 aromatic carbocycles. The van der Waals surface area contributed by atoms with E-state index in [4.69, 9.17) is 5.11 Å². The third kappa shape index (κ3) is 5.23. The molecule has 0 radical (unpaired) electrons. The van der Waals surface area contributed by atoms with Crippen LogP contribution in [0, 0.1) is 0 Å². The van der Waals surface area contributed by atoms with Crippen LogP contribution in [0.4, 0.5) is 0 Å². The number of aliphatic hydroxyl groups is 1. The number of sulfonamides is 1. The molecule has 13 heavy (non-hydrogen) atoms. The molecular formula is C8H19NO3S. The van der Waals surface area contributed by atoms with Crippen LogP contribution in [0.5, 0.6) is 0 Å². The maximum absolute atomic E-state index is 11.4. The molecule has 4 nitrogen and oxygen atoms in total. The second-order valence-corrected chi connectivity index (χ2v) is 5.49. The maximum atomic E-state index is 11.4. The lowest BCUT2D eigenvalue weighted by atomic mass is 10.4. The molecule has 0 rings (SSSR count). The second-order valence-electron chi connectivity index (χ2n) is 3.30. The third-order valence-corrected chi connectivity index (χ3v) is 3.66. The van der Waals surface area contributed by atoms with Gasteiger partial charge in [-0.1, -0.05) is 13.3 Å². The van der Waals surface area contributed by atoms with Crippen LogP contribution in [-0.4, -0.2) is 43.3 Å². The summed E-state index contributed by atoms with van der Waals surface area (Å²) in [5.41, 5.74) is 0. The first-order valence-corrected chi connectivity index (χ1v) is 6.13. The van der Waals surface area contributed by atoms with Crippen molar-refractivity contribution < 1.29 is 13.5 Å². The predicted molar refractivity (Wildman–Crippen MR) is 53.0 cm³/mol. The van der Waals surface area contributed by atoms with Crippen molar-refractivity contribution in [2.24, 2.45) is 0 Å². The van der Waals surface area contributed by atoms with Crippen molar-refractivity contribution >= 4 is 10.0 Å². The molecular weight excluding hydrogens is 190 g/mol. The number of rotatable bonds is 6. The van der Waals surface area contributed by atoms with E-state index in [1.807, 2.05) is 6.92 Å². The fourth-order valence-corrected chi connectivity index (χ4v) is 2.38. The average molecular weight is 209 g/mol. The molecule has 1 N–H and O–H groups in total. The first kappa shape index (κ1) is 12.9. The average Bonchev–Trinajstić information content (AvgIpc) is 1.99. The molecule has 80 valence electrons. The van der Waals surface area contributed by atoms with Crippen molar-refractivity contribution in [3.05, 3.63) is 0 Å². The Balaban J connectivity index is 4.12. The van der Waals surface area contributed by atoms with Gasteiger partial charge in [0, 0.05) is 13.6 Å². The molecule has 1 atom stereocenters. The minimum absolute atomic E-state index is 0.173. The van der Waals surface area contributed by atoms with Gasteiger partial charge in [-0.15, -0.1) is 0 Å². The number of nitrogens with zero attached hydrogens (tertiary/aromatic N) is 1. The van der Waals surface area contributed by atoms with Gasteiger partial charge in [-0.2, -0.15) is 0 Å². The van der Waals surface area contributed by atoms with E-state index in [1.54, 1.807) is 6.92 Å². The van der Waals surface area contributed by atoms with Crippen LogP contribution in [0.15, 0.2) is 0 Å².